The first-order valence-electron chi connectivity index (χ1n) is 6.63. The van der Waals surface area contributed by atoms with Crippen LogP contribution in [0.15, 0.2) is 23.8 Å². The molecule has 1 rings (SSSR count). The maximum atomic E-state index is 10.7. The van der Waals surface area contributed by atoms with Crippen LogP contribution in [0.1, 0.15) is 46.0 Å². The summed E-state index contributed by atoms with van der Waals surface area (Å²) >= 11 is 0. The van der Waals surface area contributed by atoms with Crippen molar-refractivity contribution >= 4 is 5.97 Å². The van der Waals surface area contributed by atoms with Crippen LogP contribution >= 0.6 is 0 Å². The van der Waals surface area contributed by atoms with Crippen molar-refractivity contribution in [1.29, 1.82) is 5.26 Å². The van der Waals surface area contributed by atoms with E-state index in [1.54, 1.807) is 19.1 Å². The number of hydrogen-bond donors (Lipinski definition) is 2. The molecule has 104 valence electrons. The number of aliphatic carboxylic acids is 1. The Morgan fingerprint density at radius 1 is 1.53 bits per heavy atom. The fourth-order valence-electron chi connectivity index (χ4n) is 2.03. The number of carbonyl (C=O) groups is 1. The van der Waals surface area contributed by atoms with Gasteiger partial charge in [0.25, 0.3) is 0 Å². The van der Waals surface area contributed by atoms with Crippen LogP contribution in [0.25, 0.3) is 0 Å². The quantitative estimate of drug-likeness (QED) is 0.546. The summed E-state index contributed by atoms with van der Waals surface area (Å²) in [5, 5.41) is 28.2. The predicted molar refractivity (Wildman–Crippen MR) is 72.3 cm³/mol. The van der Waals surface area contributed by atoms with Crippen LogP contribution < -0.4 is 0 Å². The van der Waals surface area contributed by atoms with Crippen molar-refractivity contribution in [3.05, 3.63) is 23.8 Å². The van der Waals surface area contributed by atoms with Crippen molar-refractivity contribution in [1.82, 2.24) is 0 Å². The lowest BCUT2D eigenvalue weighted by Gasteiger charge is -2.24. The molecule has 1 fully saturated rings. The van der Waals surface area contributed by atoms with Crippen LogP contribution in [0, 0.1) is 16.7 Å². The second-order valence-corrected chi connectivity index (χ2v) is 5.34. The Bertz CT molecular complexity index is 437. The van der Waals surface area contributed by atoms with Gasteiger partial charge in [-0.2, -0.15) is 5.26 Å². The lowest BCUT2D eigenvalue weighted by Crippen LogP contribution is -2.32. The summed E-state index contributed by atoms with van der Waals surface area (Å²) in [6.07, 6.45) is 8.28. The number of unbranched alkanes of at least 4 members (excludes halogenated alkanes) is 1. The van der Waals surface area contributed by atoms with Gasteiger partial charge in [0.1, 0.15) is 0 Å². The molecule has 4 nitrogen and oxygen atoms in total. The summed E-state index contributed by atoms with van der Waals surface area (Å²) in [5.74, 6) is -0.989. The van der Waals surface area contributed by atoms with Crippen molar-refractivity contribution < 1.29 is 15.0 Å². The van der Waals surface area contributed by atoms with Gasteiger partial charge < -0.3 is 10.2 Å². The number of nitrogens with zero attached hydrogens (tertiary/aromatic N) is 1. The Balaban J connectivity index is 2.81. The summed E-state index contributed by atoms with van der Waals surface area (Å²) < 4.78 is 0. The van der Waals surface area contributed by atoms with E-state index in [4.69, 9.17) is 10.4 Å². The molecule has 0 spiro atoms. The number of allylic oxidation sites excluding steroid dienone is 2. The summed E-state index contributed by atoms with van der Waals surface area (Å²) in [7, 11) is 0. The van der Waals surface area contributed by atoms with Crippen LogP contribution in [0.5, 0.6) is 0 Å². The molecule has 19 heavy (non-hydrogen) atoms. The molecule has 2 N–H and O–H groups in total. The lowest BCUT2D eigenvalue weighted by molar-refractivity contribution is -0.131. The largest absolute Gasteiger partial charge is 0.478 e. The van der Waals surface area contributed by atoms with Gasteiger partial charge in [0.05, 0.1) is 17.1 Å². The van der Waals surface area contributed by atoms with Crippen molar-refractivity contribution in [2.24, 2.45) is 5.41 Å². The van der Waals surface area contributed by atoms with Gasteiger partial charge in [-0.3, -0.25) is 0 Å². The minimum absolute atomic E-state index is 0.662. The third-order valence-corrected chi connectivity index (χ3v) is 3.68. The van der Waals surface area contributed by atoms with Crippen LogP contribution in [0.4, 0.5) is 0 Å². The maximum Gasteiger partial charge on any atom is 0.328 e. The number of carboxylic acid groups (broad SMARTS) is 1. The molecule has 0 unspecified atom stereocenters. The molecule has 0 aromatic heterocycles. The molecule has 0 aromatic rings. The van der Waals surface area contributed by atoms with E-state index in [0.717, 1.165) is 18.9 Å². The predicted octanol–water partition coefficient (Wildman–Crippen LogP) is 2.80. The molecule has 0 heterocycles. The topological polar surface area (TPSA) is 81.3 Å². The Morgan fingerprint density at radius 3 is 2.58 bits per heavy atom. The third kappa shape index (κ3) is 3.93. The summed E-state index contributed by atoms with van der Waals surface area (Å²) in [6, 6.07) is 2.16. The first-order valence-corrected chi connectivity index (χ1v) is 6.63. The van der Waals surface area contributed by atoms with Crippen molar-refractivity contribution in [3.8, 4) is 6.07 Å². The average molecular weight is 263 g/mol. The van der Waals surface area contributed by atoms with E-state index in [1.165, 1.54) is 0 Å². The molecule has 0 amide bonds. The zero-order valence-corrected chi connectivity index (χ0v) is 11.5. The fraction of sp³-hybridized carbons (Fsp3) is 0.600. The first-order chi connectivity index (χ1) is 8.87. The molecule has 1 atom stereocenters. The highest BCUT2D eigenvalue weighted by molar-refractivity contribution is 5.81. The molecular weight excluding hydrogens is 242 g/mol. The highest BCUT2D eigenvalue weighted by atomic mass is 16.4. The highest BCUT2D eigenvalue weighted by Gasteiger charge is 2.55. The SMILES string of the molecule is CCCCC(=C/C(=O)O)/C=C/[C@@](C)(O)C1(C#N)CC1. The molecule has 4 heteroatoms. The average Bonchev–Trinajstić information content (AvgIpc) is 3.13. The minimum atomic E-state index is -1.20. The molecule has 0 radical (unpaired) electrons. The van der Waals surface area contributed by atoms with E-state index in [9.17, 15) is 9.90 Å². The molecule has 0 aliphatic heterocycles. The Kier molecular flexibility index (Phi) is 4.90. The number of rotatable bonds is 7. The Labute approximate surface area is 114 Å². The number of nitriles is 1. The smallest absolute Gasteiger partial charge is 0.328 e. The fourth-order valence-corrected chi connectivity index (χ4v) is 2.03. The standard InChI is InChI=1S/C15H21NO3/c1-3-4-5-12(10-13(17)18)6-7-14(2,19)15(11-16)8-9-15/h6-7,10,19H,3-5,8-9H2,1-2H3,(H,17,18)/b7-6+,12-10-/t14-/m1/s1. The second-order valence-electron chi connectivity index (χ2n) is 5.34. The Morgan fingerprint density at radius 2 is 2.16 bits per heavy atom. The van der Waals surface area contributed by atoms with E-state index in [0.29, 0.717) is 24.8 Å². The second kappa shape index (κ2) is 6.03. The van der Waals surface area contributed by atoms with Gasteiger partial charge in [0.15, 0.2) is 0 Å². The zero-order chi connectivity index (χ0) is 14.5. The molecule has 0 bridgehead atoms. The van der Waals surface area contributed by atoms with E-state index in [-0.39, 0.29) is 0 Å². The number of carboxylic acids is 1. The van der Waals surface area contributed by atoms with Gasteiger partial charge in [-0.25, -0.2) is 4.79 Å². The normalized spacial score (nSPS) is 20.8. The number of hydrogen-bond acceptors (Lipinski definition) is 3. The molecule has 0 aromatic carbocycles. The van der Waals surface area contributed by atoms with Crippen LogP contribution in [0.3, 0.4) is 0 Å². The van der Waals surface area contributed by atoms with Gasteiger partial charge in [0, 0.05) is 6.08 Å². The minimum Gasteiger partial charge on any atom is -0.478 e. The van der Waals surface area contributed by atoms with Crippen LogP contribution in [-0.4, -0.2) is 21.8 Å². The summed E-state index contributed by atoms with van der Waals surface area (Å²) in [4.78, 5) is 10.7. The van der Waals surface area contributed by atoms with E-state index in [2.05, 4.69) is 6.07 Å². The van der Waals surface area contributed by atoms with E-state index >= 15 is 0 Å². The molecule has 1 aliphatic carbocycles. The summed E-state index contributed by atoms with van der Waals surface area (Å²) in [6.45, 7) is 3.64. The zero-order valence-electron chi connectivity index (χ0n) is 11.5. The van der Waals surface area contributed by atoms with Crippen molar-refractivity contribution in [2.45, 2.75) is 51.6 Å². The van der Waals surface area contributed by atoms with Gasteiger partial charge in [-0.1, -0.05) is 25.5 Å². The Hall–Kier alpha value is -1.60. The monoisotopic (exact) mass is 263 g/mol. The van der Waals surface area contributed by atoms with Crippen molar-refractivity contribution in [3.63, 3.8) is 0 Å². The maximum absolute atomic E-state index is 10.7. The summed E-state index contributed by atoms with van der Waals surface area (Å²) in [5.41, 5.74) is -1.22. The van der Waals surface area contributed by atoms with Crippen LogP contribution in [-0.2, 0) is 4.79 Å². The first kappa shape index (κ1) is 15.5. The number of aliphatic hydroxyl groups is 1. The third-order valence-electron chi connectivity index (χ3n) is 3.68. The molecule has 0 saturated heterocycles. The van der Waals surface area contributed by atoms with Gasteiger partial charge in [0.2, 0.25) is 0 Å². The molecule has 1 aliphatic rings. The lowest BCUT2D eigenvalue weighted by atomic mass is 9.86. The van der Waals surface area contributed by atoms with Gasteiger partial charge in [-0.15, -0.1) is 0 Å². The van der Waals surface area contributed by atoms with E-state index < -0.39 is 17.0 Å². The van der Waals surface area contributed by atoms with Crippen molar-refractivity contribution in [2.75, 3.05) is 0 Å². The molecule has 1 saturated carbocycles. The molecular formula is C15H21NO3. The highest BCUT2D eigenvalue weighted by Crippen LogP contribution is 2.54. The van der Waals surface area contributed by atoms with E-state index in [1.807, 2.05) is 6.92 Å². The van der Waals surface area contributed by atoms with Gasteiger partial charge >= 0.3 is 5.97 Å². The van der Waals surface area contributed by atoms with Crippen LogP contribution in [0.2, 0.25) is 0 Å². The van der Waals surface area contributed by atoms with Gasteiger partial charge in [-0.05, 0) is 38.2 Å².